The van der Waals surface area contributed by atoms with E-state index in [9.17, 15) is 4.79 Å². The highest BCUT2D eigenvalue weighted by molar-refractivity contribution is 6.29. The van der Waals surface area contributed by atoms with Crippen molar-refractivity contribution in [3.8, 4) is 0 Å². The van der Waals surface area contributed by atoms with Crippen LogP contribution in [0.5, 0.6) is 0 Å². The first-order valence-corrected chi connectivity index (χ1v) is 5.57. The molecule has 1 aromatic carbocycles. The van der Waals surface area contributed by atoms with E-state index in [0.717, 1.165) is 5.56 Å². The zero-order valence-corrected chi connectivity index (χ0v) is 10.1. The average Bonchev–Trinajstić information content (AvgIpc) is 2.38. The van der Waals surface area contributed by atoms with E-state index in [2.05, 4.69) is 15.3 Å². The number of ether oxygens (including phenoxy) is 1. The third-order valence-corrected chi connectivity index (χ3v) is 2.23. The number of hydrogen-bond acceptors (Lipinski definition) is 4. The van der Waals surface area contributed by atoms with Crippen LogP contribution in [0.15, 0.2) is 42.7 Å². The molecule has 0 atom stereocenters. The molecule has 5 nitrogen and oxygen atoms in total. The van der Waals surface area contributed by atoms with Gasteiger partial charge in [-0.25, -0.2) is 9.78 Å². The first-order chi connectivity index (χ1) is 8.74. The highest BCUT2D eigenvalue weighted by atomic mass is 35.5. The summed E-state index contributed by atoms with van der Waals surface area (Å²) in [5.74, 6) is 0.251. The maximum atomic E-state index is 11.5. The van der Waals surface area contributed by atoms with Crippen LogP contribution in [0.4, 0.5) is 10.6 Å². The predicted molar refractivity (Wildman–Crippen MR) is 67.3 cm³/mol. The highest BCUT2D eigenvalue weighted by Gasteiger charge is 2.05. The van der Waals surface area contributed by atoms with Crippen molar-refractivity contribution < 1.29 is 9.53 Å². The van der Waals surface area contributed by atoms with Crippen LogP contribution in [-0.2, 0) is 11.3 Å². The summed E-state index contributed by atoms with van der Waals surface area (Å²) < 4.78 is 5.01. The number of nitrogens with zero attached hydrogens (tertiary/aromatic N) is 2. The van der Waals surface area contributed by atoms with Crippen molar-refractivity contribution in [3.63, 3.8) is 0 Å². The van der Waals surface area contributed by atoms with Gasteiger partial charge in [-0.05, 0) is 5.56 Å². The number of hydrogen-bond donors (Lipinski definition) is 1. The van der Waals surface area contributed by atoms with Crippen LogP contribution >= 0.6 is 11.6 Å². The van der Waals surface area contributed by atoms with Crippen molar-refractivity contribution in [3.05, 3.63) is 53.4 Å². The lowest BCUT2D eigenvalue weighted by molar-refractivity contribution is 0.155. The van der Waals surface area contributed by atoms with Crippen LogP contribution in [0.3, 0.4) is 0 Å². The van der Waals surface area contributed by atoms with E-state index in [1.165, 1.54) is 12.4 Å². The number of benzene rings is 1. The van der Waals surface area contributed by atoms with E-state index in [-0.39, 0.29) is 17.6 Å². The standard InChI is InChI=1S/C12H10ClN3O2/c13-10-6-14-7-11(15-10)16-12(17)18-8-9-4-2-1-3-5-9/h1-7H,8H2,(H,15,16,17). The van der Waals surface area contributed by atoms with Crippen LogP contribution < -0.4 is 5.32 Å². The van der Waals surface area contributed by atoms with E-state index in [1.807, 2.05) is 30.3 Å². The van der Waals surface area contributed by atoms with Crippen LogP contribution in [0.25, 0.3) is 0 Å². The van der Waals surface area contributed by atoms with Gasteiger partial charge in [0.15, 0.2) is 5.82 Å². The monoisotopic (exact) mass is 263 g/mol. The summed E-state index contributed by atoms with van der Waals surface area (Å²) in [4.78, 5) is 19.1. The number of amides is 1. The van der Waals surface area contributed by atoms with E-state index < -0.39 is 6.09 Å². The topological polar surface area (TPSA) is 64.1 Å². The number of halogens is 1. The summed E-state index contributed by atoms with van der Waals surface area (Å²) in [6.07, 6.45) is 2.16. The largest absolute Gasteiger partial charge is 0.444 e. The van der Waals surface area contributed by atoms with Crippen molar-refractivity contribution in [1.82, 2.24) is 9.97 Å². The Hall–Kier alpha value is -2.14. The maximum Gasteiger partial charge on any atom is 0.413 e. The molecule has 0 bridgehead atoms. The van der Waals surface area contributed by atoms with Gasteiger partial charge in [0.25, 0.3) is 0 Å². The minimum absolute atomic E-state index is 0.195. The molecular weight excluding hydrogens is 254 g/mol. The van der Waals surface area contributed by atoms with Crippen molar-refractivity contribution in [2.45, 2.75) is 6.61 Å². The smallest absolute Gasteiger partial charge is 0.413 e. The van der Waals surface area contributed by atoms with Gasteiger partial charge in [0, 0.05) is 0 Å². The predicted octanol–water partition coefficient (Wildman–Crippen LogP) is 2.88. The SMILES string of the molecule is O=C(Nc1cncc(Cl)n1)OCc1ccccc1. The molecule has 6 heteroatoms. The first kappa shape index (κ1) is 12.3. The average molecular weight is 264 g/mol. The Labute approximate surface area is 109 Å². The lowest BCUT2D eigenvalue weighted by Gasteiger charge is -2.06. The number of nitrogens with one attached hydrogen (secondary N) is 1. The molecule has 0 aliphatic rings. The molecule has 1 heterocycles. The van der Waals surface area contributed by atoms with E-state index in [4.69, 9.17) is 16.3 Å². The molecule has 0 unspecified atom stereocenters. The van der Waals surface area contributed by atoms with Crippen molar-refractivity contribution in [2.75, 3.05) is 5.32 Å². The van der Waals surface area contributed by atoms with Gasteiger partial charge in [-0.2, -0.15) is 0 Å². The Balaban J connectivity index is 1.86. The highest BCUT2D eigenvalue weighted by Crippen LogP contribution is 2.07. The molecule has 0 aliphatic carbocycles. The molecule has 0 aliphatic heterocycles. The van der Waals surface area contributed by atoms with Gasteiger partial charge in [-0.3, -0.25) is 10.3 Å². The van der Waals surface area contributed by atoms with Crippen LogP contribution in [-0.4, -0.2) is 16.1 Å². The van der Waals surface area contributed by atoms with Gasteiger partial charge in [-0.15, -0.1) is 0 Å². The zero-order chi connectivity index (χ0) is 12.8. The van der Waals surface area contributed by atoms with E-state index in [1.54, 1.807) is 0 Å². The maximum absolute atomic E-state index is 11.5. The third-order valence-electron chi connectivity index (χ3n) is 2.05. The van der Waals surface area contributed by atoms with Crippen molar-refractivity contribution in [2.24, 2.45) is 0 Å². The molecule has 2 aromatic rings. The van der Waals surface area contributed by atoms with Gasteiger partial charge < -0.3 is 4.74 Å². The Kier molecular flexibility index (Phi) is 4.09. The molecular formula is C12H10ClN3O2. The molecule has 0 spiro atoms. The number of aromatic nitrogens is 2. The van der Waals surface area contributed by atoms with Gasteiger partial charge in [0.05, 0.1) is 12.4 Å². The molecule has 0 fully saturated rings. The molecule has 0 saturated carbocycles. The van der Waals surface area contributed by atoms with Crippen molar-refractivity contribution >= 4 is 23.5 Å². The summed E-state index contributed by atoms with van der Waals surface area (Å²) in [5.41, 5.74) is 0.907. The zero-order valence-electron chi connectivity index (χ0n) is 9.34. The fourth-order valence-corrected chi connectivity index (χ4v) is 1.41. The fourth-order valence-electron chi connectivity index (χ4n) is 1.27. The number of rotatable bonds is 3. The Bertz CT molecular complexity index is 534. The molecule has 92 valence electrons. The van der Waals surface area contributed by atoms with E-state index in [0.29, 0.717) is 0 Å². The van der Waals surface area contributed by atoms with E-state index >= 15 is 0 Å². The molecule has 2 rings (SSSR count). The normalized spacial score (nSPS) is 9.83. The molecule has 1 aromatic heterocycles. The van der Waals surface area contributed by atoms with Gasteiger partial charge in [0.1, 0.15) is 11.8 Å². The number of anilines is 1. The molecule has 1 amide bonds. The quantitative estimate of drug-likeness (QED) is 0.925. The first-order valence-electron chi connectivity index (χ1n) is 5.19. The fraction of sp³-hybridized carbons (Fsp3) is 0.0833. The second kappa shape index (κ2) is 5.97. The number of carbonyl (C=O) groups is 1. The molecule has 0 radical (unpaired) electrons. The Morgan fingerprint density at radius 3 is 2.78 bits per heavy atom. The lowest BCUT2D eigenvalue weighted by atomic mass is 10.2. The second-order valence-electron chi connectivity index (χ2n) is 3.41. The van der Waals surface area contributed by atoms with Gasteiger partial charge in [-0.1, -0.05) is 41.9 Å². The number of carbonyl (C=O) groups excluding carboxylic acids is 1. The van der Waals surface area contributed by atoms with Crippen molar-refractivity contribution in [1.29, 1.82) is 0 Å². The van der Waals surface area contributed by atoms with Crippen LogP contribution in [0.1, 0.15) is 5.56 Å². The Morgan fingerprint density at radius 1 is 1.28 bits per heavy atom. The van der Waals surface area contributed by atoms with Crippen LogP contribution in [0.2, 0.25) is 5.15 Å². The summed E-state index contributed by atoms with van der Waals surface area (Å²) in [5, 5.41) is 2.64. The van der Waals surface area contributed by atoms with Crippen LogP contribution in [0, 0.1) is 0 Å². The minimum Gasteiger partial charge on any atom is -0.444 e. The minimum atomic E-state index is -0.601. The molecule has 0 saturated heterocycles. The Morgan fingerprint density at radius 2 is 2.06 bits per heavy atom. The summed E-state index contributed by atoms with van der Waals surface area (Å²) in [6, 6.07) is 9.38. The van der Waals surface area contributed by atoms with Gasteiger partial charge in [0.2, 0.25) is 0 Å². The lowest BCUT2D eigenvalue weighted by Crippen LogP contribution is -2.14. The summed E-state index contributed by atoms with van der Waals surface area (Å²) in [6.45, 7) is 0.195. The molecule has 1 N–H and O–H groups in total. The third kappa shape index (κ3) is 3.71. The molecule has 18 heavy (non-hydrogen) atoms. The van der Waals surface area contributed by atoms with Gasteiger partial charge >= 0.3 is 6.09 Å². The summed E-state index contributed by atoms with van der Waals surface area (Å²) >= 11 is 5.64. The summed E-state index contributed by atoms with van der Waals surface area (Å²) in [7, 11) is 0. The second-order valence-corrected chi connectivity index (χ2v) is 3.80.